The third kappa shape index (κ3) is 4.04. The van der Waals surface area contributed by atoms with Crippen molar-refractivity contribution in [2.24, 2.45) is 11.8 Å². The van der Waals surface area contributed by atoms with Gasteiger partial charge in [-0.15, -0.1) is 0 Å². The van der Waals surface area contributed by atoms with Crippen molar-refractivity contribution in [3.8, 4) is 0 Å². The molecule has 2 N–H and O–H groups in total. The fourth-order valence-electron chi connectivity index (χ4n) is 3.04. The van der Waals surface area contributed by atoms with Gasteiger partial charge in [0.15, 0.2) is 0 Å². The molecule has 1 aliphatic rings. The van der Waals surface area contributed by atoms with Crippen LogP contribution >= 0.6 is 0 Å². The smallest absolute Gasteiger partial charge is 0.224 e. The minimum atomic E-state index is -0.0870. The molecule has 2 rings (SSSR count). The van der Waals surface area contributed by atoms with Gasteiger partial charge < -0.3 is 10.4 Å². The summed E-state index contributed by atoms with van der Waals surface area (Å²) >= 11 is 0. The molecule has 1 unspecified atom stereocenters. The van der Waals surface area contributed by atoms with Crippen LogP contribution in [0, 0.1) is 11.8 Å². The summed E-state index contributed by atoms with van der Waals surface area (Å²) in [6.45, 7) is 2.09. The van der Waals surface area contributed by atoms with E-state index in [0.717, 1.165) is 0 Å². The van der Waals surface area contributed by atoms with Crippen molar-refractivity contribution in [3.05, 3.63) is 24.0 Å². The van der Waals surface area contributed by atoms with Crippen molar-refractivity contribution in [3.63, 3.8) is 0 Å². The lowest BCUT2D eigenvalue weighted by Crippen LogP contribution is -2.22. The number of hydrogen-bond donors (Lipinski definition) is 2. The molecule has 110 valence electrons. The maximum Gasteiger partial charge on any atom is 0.224 e. The molecule has 1 aromatic heterocycles. The van der Waals surface area contributed by atoms with Crippen molar-refractivity contribution in [1.29, 1.82) is 0 Å². The number of pyridine rings is 1. The third-order valence-electron chi connectivity index (χ3n) is 4.32. The second kappa shape index (κ2) is 7.39. The van der Waals surface area contributed by atoms with Gasteiger partial charge in [-0.3, -0.25) is 9.78 Å². The zero-order valence-electron chi connectivity index (χ0n) is 12.1. The SMILES string of the molecule is CC(CC(=O)Nc1cnccc1CO)C1CCCCC1. The van der Waals surface area contributed by atoms with E-state index in [1.807, 2.05) is 0 Å². The van der Waals surface area contributed by atoms with Gasteiger partial charge in [0.2, 0.25) is 5.91 Å². The Kier molecular flexibility index (Phi) is 5.53. The lowest BCUT2D eigenvalue weighted by Gasteiger charge is -2.27. The van der Waals surface area contributed by atoms with Gasteiger partial charge in [-0.2, -0.15) is 0 Å². The first kappa shape index (κ1) is 15.0. The summed E-state index contributed by atoms with van der Waals surface area (Å²) in [5.41, 5.74) is 1.33. The van der Waals surface area contributed by atoms with E-state index >= 15 is 0 Å². The molecule has 1 aliphatic carbocycles. The highest BCUT2D eigenvalue weighted by Gasteiger charge is 2.22. The van der Waals surface area contributed by atoms with Crippen LogP contribution in [0.1, 0.15) is 51.0 Å². The molecular formula is C16H24N2O2. The highest BCUT2D eigenvalue weighted by atomic mass is 16.3. The lowest BCUT2D eigenvalue weighted by molar-refractivity contribution is -0.117. The molecule has 1 atom stereocenters. The molecule has 0 spiro atoms. The van der Waals surface area contributed by atoms with Gasteiger partial charge >= 0.3 is 0 Å². The molecule has 0 aliphatic heterocycles. The second-order valence-corrected chi connectivity index (χ2v) is 5.82. The molecular weight excluding hydrogens is 252 g/mol. The Labute approximate surface area is 120 Å². The summed E-state index contributed by atoms with van der Waals surface area (Å²) in [7, 11) is 0. The fraction of sp³-hybridized carbons (Fsp3) is 0.625. The Morgan fingerprint density at radius 1 is 1.45 bits per heavy atom. The van der Waals surface area contributed by atoms with Crippen molar-refractivity contribution in [2.45, 2.75) is 52.1 Å². The molecule has 0 aromatic carbocycles. The topological polar surface area (TPSA) is 62.2 Å². The normalized spacial score (nSPS) is 17.7. The van der Waals surface area contributed by atoms with E-state index in [9.17, 15) is 9.90 Å². The van der Waals surface area contributed by atoms with Crippen LogP contribution in [0.5, 0.6) is 0 Å². The van der Waals surface area contributed by atoms with Crippen LogP contribution in [0.25, 0.3) is 0 Å². The number of nitrogens with zero attached hydrogens (tertiary/aromatic N) is 1. The Morgan fingerprint density at radius 3 is 2.90 bits per heavy atom. The molecule has 0 bridgehead atoms. The number of aromatic nitrogens is 1. The van der Waals surface area contributed by atoms with Gasteiger partial charge in [0.25, 0.3) is 0 Å². The Morgan fingerprint density at radius 2 is 2.20 bits per heavy atom. The van der Waals surface area contributed by atoms with Crippen LogP contribution in [-0.4, -0.2) is 16.0 Å². The average Bonchev–Trinajstić information content (AvgIpc) is 2.48. The minimum Gasteiger partial charge on any atom is -0.392 e. The molecule has 0 radical (unpaired) electrons. The van der Waals surface area contributed by atoms with Gasteiger partial charge in [-0.25, -0.2) is 0 Å². The highest BCUT2D eigenvalue weighted by Crippen LogP contribution is 2.31. The first-order valence-corrected chi connectivity index (χ1v) is 7.54. The number of aliphatic hydroxyl groups excluding tert-OH is 1. The molecule has 1 aromatic rings. The molecule has 0 saturated heterocycles. The van der Waals surface area contributed by atoms with E-state index in [1.165, 1.54) is 32.1 Å². The average molecular weight is 276 g/mol. The number of carbonyl (C=O) groups excluding carboxylic acids is 1. The number of hydrogen-bond acceptors (Lipinski definition) is 3. The van der Waals surface area contributed by atoms with Crippen molar-refractivity contribution < 1.29 is 9.90 Å². The van der Waals surface area contributed by atoms with Crippen LogP contribution in [0.4, 0.5) is 5.69 Å². The summed E-state index contributed by atoms with van der Waals surface area (Å²) in [6.07, 6.45) is 10.2. The van der Waals surface area contributed by atoms with Crippen molar-refractivity contribution in [2.75, 3.05) is 5.32 Å². The second-order valence-electron chi connectivity index (χ2n) is 5.82. The molecule has 1 saturated carbocycles. The molecule has 1 fully saturated rings. The first-order chi connectivity index (χ1) is 9.70. The monoisotopic (exact) mass is 276 g/mol. The lowest BCUT2D eigenvalue weighted by atomic mass is 9.79. The first-order valence-electron chi connectivity index (χ1n) is 7.54. The summed E-state index contributed by atoms with van der Waals surface area (Å²) in [6, 6.07) is 1.72. The standard InChI is InChI=1S/C16H24N2O2/c1-12(13-5-3-2-4-6-13)9-16(20)18-15-10-17-8-7-14(15)11-19/h7-8,10,12-13,19H,2-6,9,11H2,1H3,(H,18,20). The maximum atomic E-state index is 12.1. The highest BCUT2D eigenvalue weighted by molar-refractivity contribution is 5.91. The Bertz CT molecular complexity index is 442. The zero-order chi connectivity index (χ0) is 14.4. The zero-order valence-corrected chi connectivity index (χ0v) is 12.1. The van der Waals surface area contributed by atoms with E-state index in [0.29, 0.717) is 29.5 Å². The van der Waals surface area contributed by atoms with E-state index in [1.54, 1.807) is 18.5 Å². The molecule has 1 amide bonds. The largest absolute Gasteiger partial charge is 0.392 e. The Balaban J connectivity index is 1.88. The summed E-state index contributed by atoms with van der Waals surface area (Å²) in [4.78, 5) is 16.1. The van der Waals surface area contributed by atoms with E-state index < -0.39 is 0 Å². The van der Waals surface area contributed by atoms with E-state index in [2.05, 4.69) is 17.2 Å². The van der Waals surface area contributed by atoms with Gasteiger partial charge in [0, 0.05) is 18.2 Å². The van der Waals surface area contributed by atoms with Crippen LogP contribution in [-0.2, 0) is 11.4 Å². The van der Waals surface area contributed by atoms with Gasteiger partial charge in [-0.1, -0.05) is 39.0 Å². The number of amides is 1. The quantitative estimate of drug-likeness (QED) is 0.868. The number of carbonyl (C=O) groups is 1. The fourth-order valence-corrected chi connectivity index (χ4v) is 3.04. The molecule has 20 heavy (non-hydrogen) atoms. The van der Waals surface area contributed by atoms with Gasteiger partial charge in [-0.05, 0) is 17.9 Å². The number of nitrogens with one attached hydrogen (secondary N) is 1. The van der Waals surface area contributed by atoms with E-state index in [-0.39, 0.29) is 12.5 Å². The van der Waals surface area contributed by atoms with Crippen LogP contribution < -0.4 is 5.32 Å². The van der Waals surface area contributed by atoms with Crippen molar-refractivity contribution >= 4 is 11.6 Å². The van der Waals surface area contributed by atoms with Gasteiger partial charge in [0.1, 0.15) is 0 Å². The van der Waals surface area contributed by atoms with Crippen LogP contribution in [0.2, 0.25) is 0 Å². The molecule has 4 heteroatoms. The summed E-state index contributed by atoms with van der Waals surface area (Å²) in [5, 5.41) is 12.1. The molecule has 4 nitrogen and oxygen atoms in total. The predicted octanol–water partition coefficient (Wildman–Crippen LogP) is 3.12. The van der Waals surface area contributed by atoms with Crippen LogP contribution in [0.3, 0.4) is 0 Å². The summed E-state index contributed by atoms with van der Waals surface area (Å²) in [5.74, 6) is 1.12. The predicted molar refractivity (Wildman–Crippen MR) is 79.1 cm³/mol. The Hall–Kier alpha value is -1.42. The minimum absolute atomic E-state index is 0.0192. The van der Waals surface area contributed by atoms with Crippen molar-refractivity contribution in [1.82, 2.24) is 4.98 Å². The number of aliphatic hydroxyl groups is 1. The number of anilines is 1. The summed E-state index contributed by atoms with van der Waals surface area (Å²) < 4.78 is 0. The number of rotatable bonds is 5. The van der Waals surface area contributed by atoms with E-state index in [4.69, 9.17) is 0 Å². The van der Waals surface area contributed by atoms with Crippen LogP contribution in [0.15, 0.2) is 18.5 Å². The molecule has 1 heterocycles. The third-order valence-corrected chi connectivity index (χ3v) is 4.32. The van der Waals surface area contributed by atoms with Gasteiger partial charge in [0.05, 0.1) is 18.5 Å². The maximum absolute atomic E-state index is 12.1.